The van der Waals surface area contributed by atoms with Crippen LogP contribution in [0.1, 0.15) is 40.2 Å². The molecule has 1 N–H and O–H groups in total. The second-order valence-corrected chi connectivity index (χ2v) is 7.73. The van der Waals surface area contributed by atoms with E-state index >= 15 is 0 Å². The molecule has 0 aliphatic carbocycles. The van der Waals surface area contributed by atoms with Crippen LogP contribution in [0.25, 0.3) is 0 Å². The molecule has 1 aromatic carbocycles. The van der Waals surface area contributed by atoms with Gasteiger partial charge in [-0.25, -0.2) is 0 Å². The average Bonchev–Trinajstić information content (AvgIpc) is 2.81. The standard InChI is InChI=1S/C19H30O5/c1-18(2,3)24-19(4,5)16-14(20)15(17(21-6)23-16)22-12-13-10-8-7-9-11-13/h7-11,14-17,20H,12H2,1-6H3/t14-,15-,16+,17-/m1/s1. The number of benzene rings is 1. The first-order valence-corrected chi connectivity index (χ1v) is 8.36. The molecule has 2 rings (SSSR count). The van der Waals surface area contributed by atoms with E-state index < -0.39 is 30.2 Å². The molecule has 1 saturated heterocycles. The summed E-state index contributed by atoms with van der Waals surface area (Å²) < 4.78 is 23.3. The molecular formula is C19H30O5. The van der Waals surface area contributed by atoms with Crippen LogP contribution in [0.2, 0.25) is 0 Å². The van der Waals surface area contributed by atoms with Crippen molar-refractivity contribution in [2.75, 3.05) is 7.11 Å². The smallest absolute Gasteiger partial charge is 0.186 e. The summed E-state index contributed by atoms with van der Waals surface area (Å²) in [6.07, 6.45) is -2.57. The number of ether oxygens (including phenoxy) is 4. The Labute approximate surface area is 144 Å². The molecule has 1 fully saturated rings. The molecule has 0 aromatic heterocycles. The Morgan fingerprint density at radius 1 is 1.08 bits per heavy atom. The fraction of sp³-hybridized carbons (Fsp3) is 0.684. The fourth-order valence-electron chi connectivity index (χ4n) is 3.19. The van der Waals surface area contributed by atoms with Gasteiger partial charge in [0.25, 0.3) is 0 Å². The number of rotatable bonds is 6. The van der Waals surface area contributed by atoms with Gasteiger partial charge in [0.2, 0.25) is 0 Å². The van der Waals surface area contributed by atoms with Gasteiger partial charge in [-0.1, -0.05) is 30.3 Å². The molecule has 1 aromatic rings. The lowest BCUT2D eigenvalue weighted by Crippen LogP contribution is -2.50. The highest BCUT2D eigenvalue weighted by Crippen LogP contribution is 2.35. The summed E-state index contributed by atoms with van der Waals surface area (Å²) >= 11 is 0. The molecule has 4 atom stereocenters. The van der Waals surface area contributed by atoms with Gasteiger partial charge in [0.15, 0.2) is 6.29 Å². The molecule has 0 unspecified atom stereocenters. The van der Waals surface area contributed by atoms with Gasteiger partial charge in [-0.2, -0.15) is 0 Å². The zero-order chi connectivity index (χ0) is 18.0. The number of hydrogen-bond donors (Lipinski definition) is 1. The zero-order valence-electron chi connectivity index (χ0n) is 15.5. The van der Waals surface area contributed by atoms with E-state index in [2.05, 4.69) is 0 Å². The molecule has 1 aliphatic heterocycles. The van der Waals surface area contributed by atoms with Crippen LogP contribution in [0, 0.1) is 0 Å². The molecule has 0 spiro atoms. The van der Waals surface area contributed by atoms with Crippen LogP contribution in [-0.4, -0.2) is 48.0 Å². The minimum Gasteiger partial charge on any atom is -0.387 e. The SMILES string of the molecule is CO[C@@H]1O[C@H](C(C)(C)OC(C)(C)C)[C@H](O)[C@H]1OCc1ccccc1. The normalized spacial score (nSPS) is 28.3. The van der Waals surface area contributed by atoms with Crippen molar-refractivity contribution in [1.82, 2.24) is 0 Å². The first-order chi connectivity index (χ1) is 11.1. The third kappa shape index (κ3) is 4.77. The predicted molar refractivity (Wildman–Crippen MR) is 91.6 cm³/mol. The summed E-state index contributed by atoms with van der Waals surface area (Å²) in [6, 6.07) is 9.83. The van der Waals surface area contributed by atoms with Gasteiger partial charge in [0, 0.05) is 7.11 Å². The van der Waals surface area contributed by atoms with Crippen LogP contribution in [-0.2, 0) is 25.6 Å². The largest absolute Gasteiger partial charge is 0.387 e. The van der Waals surface area contributed by atoms with E-state index in [1.165, 1.54) is 0 Å². The van der Waals surface area contributed by atoms with Crippen molar-refractivity contribution in [2.45, 2.75) is 77.0 Å². The minimum absolute atomic E-state index is 0.349. The monoisotopic (exact) mass is 338 g/mol. The molecule has 1 aliphatic rings. The first-order valence-electron chi connectivity index (χ1n) is 8.36. The van der Waals surface area contributed by atoms with Crippen molar-refractivity contribution in [3.63, 3.8) is 0 Å². The van der Waals surface area contributed by atoms with Crippen LogP contribution in [0.3, 0.4) is 0 Å². The van der Waals surface area contributed by atoms with Crippen LogP contribution in [0.5, 0.6) is 0 Å². The van der Waals surface area contributed by atoms with Crippen molar-refractivity contribution in [1.29, 1.82) is 0 Å². The lowest BCUT2D eigenvalue weighted by molar-refractivity contribution is -0.218. The van der Waals surface area contributed by atoms with Crippen molar-refractivity contribution in [2.24, 2.45) is 0 Å². The van der Waals surface area contributed by atoms with Crippen molar-refractivity contribution < 1.29 is 24.1 Å². The van der Waals surface area contributed by atoms with Crippen molar-refractivity contribution >= 4 is 0 Å². The van der Waals surface area contributed by atoms with Crippen molar-refractivity contribution in [3.8, 4) is 0 Å². The van der Waals surface area contributed by atoms with Crippen LogP contribution < -0.4 is 0 Å². The summed E-state index contributed by atoms with van der Waals surface area (Å²) in [5.41, 5.74) is 0.00505. The van der Waals surface area contributed by atoms with Crippen LogP contribution >= 0.6 is 0 Å². The molecule has 0 saturated carbocycles. The lowest BCUT2D eigenvalue weighted by Gasteiger charge is -2.38. The number of aliphatic hydroxyl groups is 1. The number of methoxy groups -OCH3 is 1. The molecule has 0 radical (unpaired) electrons. The Bertz CT molecular complexity index is 508. The van der Waals surface area contributed by atoms with E-state index in [1.54, 1.807) is 7.11 Å². The van der Waals surface area contributed by atoms with Gasteiger partial charge < -0.3 is 24.1 Å². The summed E-state index contributed by atoms with van der Waals surface area (Å²) in [7, 11) is 1.55. The van der Waals surface area contributed by atoms with E-state index in [0.717, 1.165) is 5.56 Å². The zero-order valence-corrected chi connectivity index (χ0v) is 15.5. The number of aliphatic hydroxyl groups excluding tert-OH is 1. The van der Waals surface area contributed by atoms with Crippen LogP contribution in [0.15, 0.2) is 30.3 Å². The van der Waals surface area contributed by atoms with E-state index in [1.807, 2.05) is 65.0 Å². The molecule has 24 heavy (non-hydrogen) atoms. The third-order valence-corrected chi connectivity index (χ3v) is 3.97. The Hall–Kier alpha value is -0.980. The molecular weight excluding hydrogens is 308 g/mol. The Morgan fingerprint density at radius 3 is 2.25 bits per heavy atom. The van der Waals surface area contributed by atoms with Gasteiger partial charge in [-0.15, -0.1) is 0 Å². The Morgan fingerprint density at radius 2 is 1.71 bits per heavy atom. The summed E-state index contributed by atoms with van der Waals surface area (Å²) in [5.74, 6) is 0. The molecule has 5 nitrogen and oxygen atoms in total. The van der Waals surface area contributed by atoms with E-state index in [9.17, 15) is 5.11 Å². The second kappa shape index (κ2) is 7.50. The highest BCUT2D eigenvalue weighted by atomic mass is 16.7. The van der Waals surface area contributed by atoms with Crippen LogP contribution in [0.4, 0.5) is 0 Å². The maximum atomic E-state index is 10.8. The average molecular weight is 338 g/mol. The summed E-state index contributed by atoms with van der Waals surface area (Å²) in [4.78, 5) is 0. The first kappa shape index (κ1) is 19.3. The van der Waals surface area contributed by atoms with E-state index in [0.29, 0.717) is 6.61 Å². The summed E-state index contributed by atoms with van der Waals surface area (Å²) in [5, 5.41) is 10.8. The lowest BCUT2D eigenvalue weighted by atomic mass is 9.94. The maximum absolute atomic E-state index is 10.8. The van der Waals surface area contributed by atoms with Gasteiger partial charge in [0.1, 0.15) is 18.3 Å². The molecule has 1 heterocycles. The topological polar surface area (TPSA) is 57.2 Å². The fourth-order valence-corrected chi connectivity index (χ4v) is 3.19. The Balaban J connectivity index is 2.07. The highest BCUT2D eigenvalue weighted by Gasteiger charge is 2.52. The quantitative estimate of drug-likeness (QED) is 0.864. The van der Waals surface area contributed by atoms with Gasteiger partial charge >= 0.3 is 0 Å². The summed E-state index contributed by atoms with van der Waals surface area (Å²) in [6.45, 7) is 10.2. The highest BCUT2D eigenvalue weighted by molar-refractivity contribution is 5.13. The number of hydrogen-bond acceptors (Lipinski definition) is 5. The molecule has 0 bridgehead atoms. The maximum Gasteiger partial charge on any atom is 0.186 e. The van der Waals surface area contributed by atoms with Gasteiger partial charge in [0.05, 0.1) is 17.8 Å². The van der Waals surface area contributed by atoms with E-state index in [-0.39, 0.29) is 5.60 Å². The predicted octanol–water partition coefficient (Wildman–Crippen LogP) is 2.90. The minimum atomic E-state index is -0.837. The third-order valence-electron chi connectivity index (χ3n) is 3.97. The van der Waals surface area contributed by atoms with E-state index in [4.69, 9.17) is 18.9 Å². The molecule has 0 amide bonds. The molecule has 5 heteroatoms. The van der Waals surface area contributed by atoms with Gasteiger partial charge in [-0.05, 0) is 40.2 Å². The Kier molecular flexibility index (Phi) is 6.04. The molecule has 136 valence electrons. The second-order valence-electron chi connectivity index (χ2n) is 7.73. The van der Waals surface area contributed by atoms with Crippen molar-refractivity contribution in [3.05, 3.63) is 35.9 Å². The van der Waals surface area contributed by atoms with Gasteiger partial charge in [-0.3, -0.25) is 0 Å².